The van der Waals surface area contributed by atoms with Crippen LogP contribution in [-0.4, -0.2) is 32.8 Å². The number of benzene rings is 1. The van der Waals surface area contributed by atoms with E-state index in [1.54, 1.807) is 28.9 Å². The maximum absolute atomic E-state index is 12.2. The summed E-state index contributed by atoms with van der Waals surface area (Å²) in [5.74, 6) is -1.41. The summed E-state index contributed by atoms with van der Waals surface area (Å²) in [6, 6.07) is 6.04. The van der Waals surface area contributed by atoms with Gasteiger partial charge in [0, 0.05) is 5.56 Å². The molecule has 2 aromatic rings. The monoisotopic (exact) mass is 393 g/mol. The largest absolute Gasteiger partial charge is 0.480 e. The molecule has 24 heavy (non-hydrogen) atoms. The first-order valence-electron chi connectivity index (χ1n) is 7.71. The van der Waals surface area contributed by atoms with Crippen LogP contribution in [0.1, 0.15) is 41.5 Å². The number of nitrogens with one attached hydrogen (secondary N) is 1. The van der Waals surface area contributed by atoms with Crippen molar-refractivity contribution in [2.45, 2.75) is 39.7 Å². The fraction of sp³-hybridized carbons (Fsp3) is 0.353. The lowest BCUT2D eigenvalue weighted by Crippen LogP contribution is -2.40. The molecular formula is C17H20BrN3O3. The summed E-state index contributed by atoms with van der Waals surface area (Å²) in [7, 11) is 0. The molecule has 1 aromatic carbocycles. The Morgan fingerprint density at radius 3 is 2.38 bits per heavy atom. The first kappa shape index (κ1) is 18.2. The number of carboxylic acid groups (broad SMARTS) is 1. The Morgan fingerprint density at radius 2 is 1.92 bits per heavy atom. The number of hydrogen-bond donors (Lipinski definition) is 2. The molecular weight excluding hydrogens is 374 g/mol. The number of aryl methyl sites for hydroxylation is 1. The molecule has 0 saturated heterocycles. The van der Waals surface area contributed by atoms with Crippen LogP contribution in [-0.2, 0) is 4.79 Å². The second-order valence-corrected chi connectivity index (χ2v) is 6.39. The van der Waals surface area contributed by atoms with Gasteiger partial charge in [0.15, 0.2) is 0 Å². The van der Waals surface area contributed by atoms with Crippen molar-refractivity contribution in [2.75, 3.05) is 0 Å². The van der Waals surface area contributed by atoms with Crippen molar-refractivity contribution in [3.8, 4) is 5.69 Å². The van der Waals surface area contributed by atoms with E-state index in [-0.39, 0.29) is 0 Å². The molecule has 1 atom stereocenters. The Balaban J connectivity index is 2.18. The van der Waals surface area contributed by atoms with Crippen LogP contribution in [0, 0.1) is 13.8 Å². The number of halogens is 1. The van der Waals surface area contributed by atoms with Gasteiger partial charge in [0.1, 0.15) is 6.04 Å². The summed E-state index contributed by atoms with van der Waals surface area (Å²) in [6.07, 6.45) is 1.09. The Kier molecular flexibility index (Phi) is 5.77. The van der Waals surface area contributed by atoms with E-state index in [2.05, 4.69) is 26.3 Å². The number of aliphatic carboxylic acids is 1. The molecule has 128 valence electrons. The van der Waals surface area contributed by atoms with Gasteiger partial charge >= 0.3 is 5.97 Å². The van der Waals surface area contributed by atoms with Gasteiger partial charge in [-0.2, -0.15) is 5.10 Å². The molecule has 2 rings (SSSR count). The van der Waals surface area contributed by atoms with E-state index < -0.39 is 17.9 Å². The molecule has 2 N–H and O–H groups in total. The molecule has 0 bridgehead atoms. The number of hydrogen-bond acceptors (Lipinski definition) is 3. The second-order valence-electron chi connectivity index (χ2n) is 5.60. The Morgan fingerprint density at radius 1 is 1.29 bits per heavy atom. The molecule has 0 fully saturated rings. The van der Waals surface area contributed by atoms with Crippen LogP contribution in [0.4, 0.5) is 0 Å². The summed E-state index contributed by atoms with van der Waals surface area (Å²) < 4.78 is 2.74. The summed E-state index contributed by atoms with van der Waals surface area (Å²) in [6.45, 7) is 5.74. The predicted molar refractivity (Wildman–Crippen MR) is 94.5 cm³/mol. The molecule has 0 saturated carbocycles. The lowest BCUT2D eigenvalue weighted by Gasteiger charge is -2.13. The SMILES string of the molecule is CCCC(NC(=O)c1ccc(-n2nc(C)c(Br)c2C)cc1)C(=O)O. The third kappa shape index (κ3) is 3.84. The maximum Gasteiger partial charge on any atom is 0.326 e. The number of carbonyl (C=O) groups excluding carboxylic acids is 1. The van der Waals surface area contributed by atoms with Crippen molar-refractivity contribution >= 4 is 27.8 Å². The van der Waals surface area contributed by atoms with Gasteiger partial charge in [0.2, 0.25) is 0 Å². The zero-order valence-corrected chi connectivity index (χ0v) is 15.4. The third-order valence-corrected chi connectivity index (χ3v) is 4.91. The smallest absolute Gasteiger partial charge is 0.326 e. The van der Waals surface area contributed by atoms with Gasteiger partial charge in [-0.15, -0.1) is 0 Å². The first-order valence-corrected chi connectivity index (χ1v) is 8.50. The molecule has 1 amide bonds. The highest BCUT2D eigenvalue weighted by Gasteiger charge is 2.19. The Hall–Kier alpha value is -2.15. The van der Waals surface area contributed by atoms with Crippen molar-refractivity contribution in [3.05, 3.63) is 45.7 Å². The maximum atomic E-state index is 12.2. The summed E-state index contributed by atoms with van der Waals surface area (Å²) in [5.41, 5.74) is 3.11. The van der Waals surface area contributed by atoms with E-state index in [1.807, 2.05) is 20.8 Å². The molecule has 0 aliphatic rings. The van der Waals surface area contributed by atoms with E-state index in [0.29, 0.717) is 18.4 Å². The van der Waals surface area contributed by atoms with Crippen molar-refractivity contribution in [1.82, 2.24) is 15.1 Å². The predicted octanol–water partition coefficient (Wildman–Crippen LogP) is 3.23. The zero-order valence-electron chi connectivity index (χ0n) is 13.8. The fourth-order valence-corrected chi connectivity index (χ4v) is 2.66. The number of nitrogens with zero attached hydrogens (tertiary/aromatic N) is 2. The molecule has 6 nitrogen and oxygen atoms in total. The number of aromatic nitrogens is 2. The van der Waals surface area contributed by atoms with Crippen LogP contribution >= 0.6 is 15.9 Å². The average molecular weight is 394 g/mol. The minimum Gasteiger partial charge on any atom is -0.480 e. The minimum absolute atomic E-state index is 0.392. The van der Waals surface area contributed by atoms with Crippen LogP contribution in [0.3, 0.4) is 0 Å². The average Bonchev–Trinajstić information content (AvgIpc) is 2.82. The normalized spacial score (nSPS) is 12.0. The van der Waals surface area contributed by atoms with E-state index in [1.165, 1.54) is 0 Å². The zero-order chi connectivity index (χ0) is 17.9. The van der Waals surface area contributed by atoms with Crippen LogP contribution in [0.5, 0.6) is 0 Å². The molecule has 0 radical (unpaired) electrons. The molecule has 1 aromatic heterocycles. The van der Waals surface area contributed by atoms with E-state index in [4.69, 9.17) is 5.11 Å². The quantitative estimate of drug-likeness (QED) is 0.788. The molecule has 0 aliphatic heterocycles. The number of amides is 1. The minimum atomic E-state index is -1.02. The summed E-state index contributed by atoms with van der Waals surface area (Å²) in [5, 5.41) is 16.1. The lowest BCUT2D eigenvalue weighted by molar-refractivity contribution is -0.139. The van der Waals surface area contributed by atoms with E-state index >= 15 is 0 Å². The lowest BCUT2D eigenvalue weighted by atomic mass is 10.1. The topological polar surface area (TPSA) is 84.2 Å². The van der Waals surface area contributed by atoms with Crippen molar-refractivity contribution < 1.29 is 14.7 Å². The van der Waals surface area contributed by atoms with Gasteiger partial charge in [0.05, 0.1) is 21.5 Å². The molecule has 1 unspecified atom stereocenters. The van der Waals surface area contributed by atoms with Crippen molar-refractivity contribution in [2.24, 2.45) is 0 Å². The highest BCUT2D eigenvalue weighted by molar-refractivity contribution is 9.10. The fourth-order valence-electron chi connectivity index (χ4n) is 2.42. The number of rotatable bonds is 6. The molecule has 0 spiro atoms. The molecule has 7 heteroatoms. The van der Waals surface area contributed by atoms with Crippen LogP contribution in [0.15, 0.2) is 28.7 Å². The molecule has 1 heterocycles. The van der Waals surface area contributed by atoms with Gasteiger partial charge < -0.3 is 10.4 Å². The first-order chi connectivity index (χ1) is 11.3. The van der Waals surface area contributed by atoms with Gasteiger partial charge in [-0.05, 0) is 60.5 Å². The van der Waals surface area contributed by atoms with E-state index in [9.17, 15) is 9.59 Å². The van der Waals surface area contributed by atoms with Crippen molar-refractivity contribution in [3.63, 3.8) is 0 Å². The molecule has 0 aliphatic carbocycles. The summed E-state index contributed by atoms with van der Waals surface area (Å²) >= 11 is 3.49. The van der Waals surface area contributed by atoms with Crippen LogP contribution in [0.2, 0.25) is 0 Å². The standard InChI is InChI=1S/C17H20BrN3O3/c1-4-5-14(17(23)24)19-16(22)12-6-8-13(9-7-12)21-11(3)15(18)10(2)20-21/h6-9,14H,4-5H2,1-3H3,(H,19,22)(H,23,24). The number of carbonyl (C=O) groups is 2. The van der Waals surface area contributed by atoms with Gasteiger partial charge in [-0.3, -0.25) is 4.79 Å². The van der Waals surface area contributed by atoms with Crippen LogP contribution < -0.4 is 5.32 Å². The highest BCUT2D eigenvalue weighted by atomic mass is 79.9. The summed E-state index contributed by atoms with van der Waals surface area (Å²) in [4.78, 5) is 23.3. The van der Waals surface area contributed by atoms with Crippen molar-refractivity contribution in [1.29, 1.82) is 0 Å². The van der Waals surface area contributed by atoms with Gasteiger partial charge in [0.25, 0.3) is 5.91 Å². The Bertz CT molecular complexity index is 753. The third-order valence-electron chi connectivity index (χ3n) is 3.76. The Labute approximate surface area is 149 Å². The van der Waals surface area contributed by atoms with Gasteiger partial charge in [-0.1, -0.05) is 13.3 Å². The second kappa shape index (κ2) is 7.61. The highest BCUT2D eigenvalue weighted by Crippen LogP contribution is 2.23. The number of carboxylic acids is 1. The van der Waals surface area contributed by atoms with E-state index in [0.717, 1.165) is 21.5 Å². The van der Waals surface area contributed by atoms with Gasteiger partial charge in [-0.25, -0.2) is 9.48 Å². The van der Waals surface area contributed by atoms with Crippen LogP contribution in [0.25, 0.3) is 5.69 Å².